The average molecular weight is 270 g/mol. The lowest BCUT2D eigenvalue weighted by molar-refractivity contribution is -0.147. The molecule has 0 aromatic carbocycles. The molecule has 3 unspecified atom stereocenters. The monoisotopic (exact) mass is 270 g/mol. The van der Waals surface area contributed by atoms with Gasteiger partial charge < -0.3 is 20.1 Å². The summed E-state index contributed by atoms with van der Waals surface area (Å²) < 4.78 is 10.3. The quantitative estimate of drug-likeness (QED) is 0.764. The number of carbonyl (C=O) groups excluding carboxylic acids is 1. The van der Waals surface area contributed by atoms with Crippen molar-refractivity contribution in [2.45, 2.75) is 43.7 Å². The molecule has 0 aromatic rings. The molecular weight excluding hydrogens is 244 g/mol. The Bertz CT molecular complexity index is 318. The minimum Gasteiger partial charge on any atom is -0.468 e. The Labute approximate surface area is 115 Å². The van der Waals surface area contributed by atoms with Gasteiger partial charge in [0.1, 0.15) is 5.54 Å². The van der Waals surface area contributed by atoms with E-state index in [-0.39, 0.29) is 5.97 Å². The molecule has 5 nitrogen and oxygen atoms in total. The molecule has 0 bridgehead atoms. The van der Waals surface area contributed by atoms with Crippen LogP contribution in [0, 0.1) is 5.92 Å². The highest BCUT2D eigenvalue weighted by atomic mass is 16.5. The number of ether oxygens (including phenoxy) is 2. The molecule has 19 heavy (non-hydrogen) atoms. The lowest BCUT2D eigenvalue weighted by atomic mass is 9.98. The standard InChI is InChI=1S/C14H26N2O3/c1-16(9-11-4-3-7-19-10-11)12-5-6-14(15,8-12)13(17)18-2/h11-12H,3-10,15H2,1-2H3. The van der Waals surface area contributed by atoms with E-state index >= 15 is 0 Å². The predicted octanol–water partition coefficient (Wildman–Crippen LogP) is 0.768. The van der Waals surface area contributed by atoms with Crippen molar-refractivity contribution in [1.29, 1.82) is 0 Å². The normalized spacial score (nSPS) is 35.6. The largest absolute Gasteiger partial charge is 0.468 e. The second-order valence-corrected chi connectivity index (χ2v) is 6.07. The van der Waals surface area contributed by atoms with Crippen LogP contribution in [0.2, 0.25) is 0 Å². The van der Waals surface area contributed by atoms with Crippen LogP contribution in [-0.4, -0.2) is 56.4 Å². The first kappa shape index (κ1) is 14.8. The van der Waals surface area contributed by atoms with Gasteiger partial charge in [-0.2, -0.15) is 0 Å². The van der Waals surface area contributed by atoms with Crippen molar-refractivity contribution in [3.8, 4) is 0 Å². The Hall–Kier alpha value is -0.650. The van der Waals surface area contributed by atoms with E-state index in [4.69, 9.17) is 15.2 Å². The van der Waals surface area contributed by atoms with E-state index in [1.54, 1.807) is 0 Å². The highest BCUT2D eigenvalue weighted by Gasteiger charge is 2.44. The minimum absolute atomic E-state index is 0.274. The van der Waals surface area contributed by atoms with E-state index in [2.05, 4.69) is 11.9 Å². The maximum Gasteiger partial charge on any atom is 0.325 e. The highest BCUT2D eigenvalue weighted by Crippen LogP contribution is 2.32. The summed E-state index contributed by atoms with van der Waals surface area (Å²) in [5.74, 6) is 0.342. The molecule has 1 saturated carbocycles. The summed E-state index contributed by atoms with van der Waals surface area (Å²) in [7, 11) is 3.54. The van der Waals surface area contributed by atoms with E-state index in [9.17, 15) is 4.79 Å². The van der Waals surface area contributed by atoms with E-state index in [1.165, 1.54) is 13.5 Å². The van der Waals surface area contributed by atoms with Gasteiger partial charge in [0.2, 0.25) is 0 Å². The smallest absolute Gasteiger partial charge is 0.325 e. The zero-order valence-corrected chi connectivity index (χ0v) is 12.1. The summed E-state index contributed by atoms with van der Waals surface area (Å²) in [6, 6.07) is 0.381. The highest BCUT2D eigenvalue weighted by molar-refractivity contribution is 5.81. The lowest BCUT2D eigenvalue weighted by Crippen LogP contribution is -2.48. The van der Waals surface area contributed by atoms with Crippen molar-refractivity contribution in [2.75, 3.05) is 33.9 Å². The Balaban J connectivity index is 1.84. The fourth-order valence-electron chi connectivity index (χ4n) is 3.32. The predicted molar refractivity (Wildman–Crippen MR) is 72.7 cm³/mol. The van der Waals surface area contributed by atoms with Gasteiger partial charge in [-0.1, -0.05) is 0 Å². The van der Waals surface area contributed by atoms with Gasteiger partial charge in [-0.3, -0.25) is 4.79 Å². The summed E-state index contributed by atoms with van der Waals surface area (Å²) in [5, 5.41) is 0. The van der Waals surface area contributed by atoms with Crippen LogP contribution in [0.5, 0.6) is 0 Å². The van der Waals surface area contributed by atoms with Gasteiger partial charge >= 0.3 is 5.97 Å². The van der Waals surface area contributed by atoms with Crippen molar-refractivity contribution in [3.63, 3.8) is 0 Å². The van der Waals surface area contributed by atoms with Crippen LogP contribution < -0.4 is 5.73 Å². The number of hydrogen-bond acceptors (Lipinski definition) is 5. The molecular formula is C14H26N2O3. The molecule has 0 spiro atoms. The Morgan fingerprint density at radius 2 is 2.32 bits per heavy atom. The summed E-state index contributed by atoms with van der Waals surface area (Å²) in [4.78, 5) is 14.1. The van der Waals surface area contributed by atoms with Crippen molar-refractivity contribution >= 4 is 5.97 Å². The molecule has 2 N–H and O–H groups in total. The van der Waals surface area contributed by atoms with Crippen LogP contribution in [0.1, 0.15) is 32.1 Å². The number of hydrogen-bond donors (Lipinski definition) is 1. The third-order valence-corrected chi connectivity index (χ3v) is 4.54. The molecule has 5 heteroatoms. The van der Waals surface area contributed by atoms with E-state index < -0.39 is 5.54 Å². The van der Waals surface area contributed by atoms with Crippen LogP contribution in [0.15, 0.2) is 0 Å². The molecule has 1 aliphatic heterocycles. The fourth-order valence-corrected chi connectivity index (χ4v) is 3.32. The van der Waals surface area contributed by atoms with E-state index in [0.29, 0.717) is 18.4 Å². The molecule has 2 rings (SSSR count). The van der Waals surface area contributed by atoms with Gasteiger partial charge in [0.15, 0.2) is 0 Å². The van der Waals surface area contributed by atoms with Crippen LogP contribution in [0.4, 0.5) is 0 Å². The van der Waals surface area contributed by atoms with Gasteiger partial charge in [-0.05, 0) is 45.1 Å². The molecule has 2 fully saturated rings. The zero-order chi connectivity index (χ0) is 13.9. The molecule has 2 aliphatic rings. The molecule has 0 radical (unpaired) electrons. The number of nitrogens with two attached hydrogens (primary N) is 1. The van der Waals surface area contributed by atoms with Crippen molar-refractivity contribution in [3.05, 3.63) is 0 Å². The molecule has 1 aliphatic carbocycles. The topological polar surface area (TPSA) is 64.8 Å². The van der Waals surface area contributed by atoms with Crippen LogP contribution in [0.3, 0.4) is 0 Å². The Morgan fingerprint density at radius 1 is 1.53 bits per heavy atom. The van der Waals surface area contributed by atoms with Gasteiger partial charge in [0.05, 0.1) is 13.7 Å². The number of methoxy groups -OCH3 is 1. The number of esters is 1. The minimum atomic E-state index is -0.781. The molecule has 1 heterocycles. The molecule has 3 atom stereocenters. The van der Waals surface area contributed by atoms with E-state index in [0.717, 1.165) is 39.0 Å². The Morgan fingerprint density at radius 3 is 2.95 bits per heavy atom. The molecule has 110 valence electrons. The first-order valence-electron chi connectivity index (χ1n) is 7.20. The average Bonchev–Trinajstić information content (AvgIpc) is 2.83. The fraction of sp³-hybridized carbons (Fsp3) is 0.929. The number of carbonyl (C=O) groups is 1. The third kappa shape index (κ3) is 3.46. The maximum atomic E-state index is 11.7. The van der Waals surface area contributed by atoms with Crippen molar-refractivity contribution in [1.82, 2.24) is 4.90 Å². The molecule has 0 aromatic heterocycles. The summed E-state index contributed by atoms with van der Waals surface area (Å²) in [5.41, 5.74) is 5.37. The summed E-state index contributed by atoms with van der Waals surface area (Å²) >= 11 is 0. The maximum absolute atomic E-state index is 11.7. The Kier molecular flexibility index (Phi) is 4.81. The third-order valence-electron chi connectivity index (χ3n) is 4.54. The van der Waals surface area contributed by atoms with E-state index in [1.807, 2.05) is 0 Å². The lowest BCUT2D eigenvalue weighted by Gasteiger charge is -2.31. The first-order valence-corrected chi connectivity index (χ1v) is 7.20. The molecule has 1 saturated heterocycles. The van der Waals surface area contributed by atoms with Crippen LogP contribution >= 0.6 is 0 Å². The van der Waals surface area contributed by atoms with Crippen LogP contribution in [-0.2, 0) is 14.3 Å². The molecule has 0 amide bonds. The summed E-state index contributed by atoms with van der Waals surface area (Å²) in [6.07, 6.45) is 4.78. The number of nitrogens with zero attached hydrogens (tertiary/aromatic N) is 1. The SMILES string of the molecule is COC(=O)C1(N)CCC(N(C)CC2CCCOC2)C1. The van der Waals surface area contributed by atoms with Gasteiger partial charge in [-0.15, -0.1) is 0 Å². The van der Waals surface area contributed by atoms with Gasteiger partial charge in [0.25, 0.3) is 0 Å². The second-order valence-electron chi connectivity index (χ2n) is 6.07. The van der Waals surface area contributed by atoms with Gasteiger partial charge in [0, 0.05) is 19.2 Å². The second kappa shape index (κ2) is 6.20. The van der Waals surface area contributed by atoms with Crippen molar-refractivity contribution in [2.24, 2.45) is 11.7 Å². The van der Waals surface area contributed by atoms with Gasteiger partial charge in [-0.25, -0.2) is 0 Å². The zero-order valence-electron chi connectivity index (χ0n) is 12.1. The van der Waals surface area contributed by atoms with Crippen LogP contribution in [0.25, 0.3) is 0 Å². The first-order chi connectivity index (χ1) is 9.05. The summed E-state index contributed by atoms with van der Waals surface area (Å²) in [6.45, 7) is 2.79. The number of rotatable bonds is 4. The van der Waals surface area contributed by atoms with Crippen molar-refractivity contribution < 1.29 is 14.3 Å².